The quantitative estimate of drug-likeness (QED) is 0.761. The van der Waals surface area contributed by atoms with Gasteiger partial charge in [0.25, 0.3) is 5.91 Å². The van der Waals surface area contributed by atoms with E-state index in [2.05, 4.69) is 10.6 Å². The van der Waals surface area contributed by atoms with Crippen LogP contribution in [0.1, 0.15) is 29.3 Å². The number of carbonyl (C=O) groups excluding carboxylic acids is 1. The number of hydrogen-bond donors (Lipinski definition) is 2. The average Bonchev–Trinajstić information content (AvgIpc) is 2.45. The van der Waals surface area contributed by atoms with Gasteiger partial charge in [-0.2, -0.15) is 0 Å². The Balaban J connectivity index is 2.56. The Morgan fingerprint density at radius 1 is 1.30 bits per heavy atom. The van der Waals surface area contributed by atoms with Crippen molar-refractivity contribution in [1.82, 2.24) is 10.6 Å². The van der Waals surface area contributed by atoms with Gasteiger partial charge in [0.2, 0.25) is 0 Å². The Hall–Kier alpha value is -1.20. The van der Waals surface area contributed by atoms with Gasteiger partial charge in [-0.05, 0) is 38.1 Å². The Labute approximate surface area is 123 Å². The molecule has 2 N–H and O–H groups in total. The van der Waals surface area contributed by atoms with Gasteiger partial charge in [-0.15, -0.1) is 0 Å². The summed E-state index contributed by atoms with van der Waals surface area (Å²) in [7, 11) is 1.06. The minimum absolute atomic E-state index is 0.0502. The molecule has 1 aromatic rings. The van der Waals surface area contributed by atoms with Crippen LogP contribution >= 0.6 is 0 Å². The molecule has 0 saturated carbocycles. The third kappa shape index (κ3) is 5.43. The molecule has 1 rings (SSSR count). The van der Waals surface area contributed by atoms with E-state index in [-0.39, 0.29) is 11.2 Å². The fraction of sp³-hybridized carbons (Fsp3) is 0.533. The van der Waals surface area contributed by atoms with Crippen molar-refractivity contribution in [3.8, 4) is 0 Å². The molecule has 0 heterocycles. The van der Waals surface area contributed by atoms with Crippen molar-refractivity contribution < 1.29 is 9.00 Å². The fourth-order valence-corrected chi connectivity index (χ4v) is 2.32. The van der Waals surface area contributed by atoms with E-state index in [1.165, 1.54) is 0 Å². The summed E-state index contributed by atoms with van der Waals surface area (Å²) in [6.45, 7) is 3.33. The monoisotopic (exact) mass is 296 g/mol. The molecule has 0 fully saturated rings. The van der Waals surface area contributed by atoms with E-state index in [0.717, 1.165) is 30.5 Å². The molecule has 2 unspecified atom stereocenters. The Bertz CT molecular complexity index is 463. The highest BCUT2D eigenvalue weighted by atomic mass is 32.2. The van der Waals surface area contributed by atoms with Crippen LogP contribution in [0.4, 0.5) is 0 Å². The maximum atomic E-state index is 12.2. The van der Waals surface area contributed by atoms with Gasteiger partial charge < -0.3 is 10.6 Å². The van der Waals surface area contributed by atoms with Gasteiger partial charge in [-0.25, -0.2) is 0 Å². The first-order valence-electron chi connectivity index (χ1n) is 6.89. The van der Waals surface area contributed by atoms with E-state index < -0.39 is 10.8 Å². The first-order valence-corrected chi connectivity index (χ1v) is 8.51. The lowest BCUT2D eigenvalue weighted by molar-refractivity contribution is 0.0952. The number of rotatable bonds is 8. The van der Waals surface area contributed by atoms with Gasteiger partial charge in [0.1, 0.15) is 0 Å². The van der Waals surface area contributed by atoms with Crippen LogP contribution < -0.4 is 10.6 Å². The van der Waals surface area contributed by atoms with Crippen molar-refractivity contribution in [3.63, 3.8) is 0 Å². The van der Waals surface area contributed by atoms with Crippen LogP contribution in [0.25, 0.3) is 0 Å². The lowest BCUT2D eigenvalue weighted by Crippen LogP contribution is -2.28. The second-order valence-electron chi connectivity index (χ2n) is 4.86. The lowest BCUT2D eigenvalue weighted by Gasteiger charge is -2.12. The largest absolute Gasteiger partial charge is 0.352 e. The SMILES string of the molecule is CNCCc1ccccc1C(=O)NCCC(C)S(C)=O. The Kier molecular flexibility index (Phi) is 7.47. The van der Waals surface area contributed by atoms with Crippen molar-refractivity contribution in [2.24, 2.45) is 0 Å². The molecule has 5 heteroatoms. The summed E-state index contributed by atoms with van der Waals surface area (Å²) in [5, 5.41) is 6.10. The molecule has 0 spiro atoms. The molecule has 4 nitrogen and oxygen atoms in total. The van der Waals surface area contributed by atoms with Crippen molar-refractivity contribution in [2.45, 2.75) is 25.0 Å². The van der Waals surface area contributed by atoms with E-state index in [1.807, 2.05) is 38.2 Å². The smallest absolute Gasteiger partial charge is 0.251 e. The number of amides is 1. The number of likely N-dealkylation sites (N-methyl/N-ethyl adjacent to an activating group) is 1. The first kappa shape index (κ1) is 16.9. The predicted octanol–water partition coefficient (Wildman–Crippen LogP) is 1.34. The molecule has 0 radical (unpaired) electrons. The topological polar surface area (TPSA) is 58.2 Å². The number of benzene rings is 1. The summed E-state index contributed by atoms with van der Waals surface area (Å²) in [6, 6.07) is 7.66. The highest BCUT2D eigenvalue weighted by Crippen LogP contribution is 2.09. The van der Waals surface area contributed by atoms with Crippen LogP contribution in [0.2, 0.25) is 0 Å². The summed E-state index contributed by atoms with van der Waals surface area (Å²) in [5.74, 6) is -0.0502. The van der Waals surface area contributed by atoms with E-state index >= 15 is 0 Å². The number of carbonyl (C=O) groups is 1. The summed E-state index contributed by atoms with van der Waals surface area (Å²) in [5.41, 5.74) is 1.78. The molecule has 0 aromatic heterocycles. The zero-order chi connectivity index (χ0) is 15.0. The average molecular weight is 296 g/mol. The van der Waals surface area contributed by atoms with Crippen LogP contribution in [-0.4, -0.2) is 41.8 Å². The van der Waals surface area contributed by atoms with E-state index in [0.29, 0.717) is 6.54 Å². The Morgan fingerprint density at radius 3 is 2.65 bits per heavy atom. The van der Waals surface area contributed by atoms with Crippen LogP contribution in [-0.2, 0) is 17.2 Å². The number of hydrogen-bond acceptors (Lipinski definition) is 3. The van der Waals surface area contributed by atoms with Crippen LogP contribution in [0.3, 0.4) is 0 Å². The molecule has 2 atom stereocenters. The summed E-state index contributed by atoms with van der Waals surface area (Å²) in [4.78, 5) is 12.2. The molecule has 0 bridgehead atoms. The van der Waals surface area contributed by atoms with Gasteiger partial charge in [-0.3, -0.25) is 9.00 Å². The van der Waals surface area contributed by atoms with Crippen LogP contribution in [0.5, 0.6) is 0 Å². The highest BCUT2D eigenvalue weighted by Gasteiger charge is 2.11. The molecule has 112 valence electrons. The molecule has 0 saturated heterocycles. The third-order valence-electron chi connectivity index (χ3n) is 3.31. The molecule has 0 aliphatic carbocycles. The summed E-state index contributed by atoms with van der Waals surface area (Å²) < 4.78 is 11.3. The molecular weight excluding hydrogens is 272 g/mol. The molecule has 0 aliphatic heterocycles. The maximum Gasteiger partial charge on any atom is 0.251 e. The van der Waals surface area contributed by atoms with Gasteiger partial charge in [0.15, 0.2) is 0 Å². The first-order chi connectivity index (χ1) is 9.56. The molecule has 1 amide bonds. The molecule has 20 heavy (non-hydrogen) atoms. The minimum atomic E-state index is -0.838. The second kappa shape index (κ2) is 8.87. The fourth-order valence-electron chi connectivity index (χ4n) is 1.87. The Morgan fingerprint density at radius 2 is 2.00 bits per heavy atom. The van der Waals surface area contributed by atoms with Gasteiger partial charge in [0.05, 0.1) is 0 Å². The van der Waals surface area contributed by atoms with Gasteiger partial charge >= 0.3 is 0 Å². The molecule has 0 aliphatic rings. The molecule has 1 aromatic carbocycles. The molecular formula is C15H24N2O2S. The van der Waals surface area contributed by atoms with Crippen molar-refractivity contribution in [2.75, 3.05) is 26.4 Å². The highest BCUT2D eigenvalue weighted by molar-refractivity contribution is 7.84. The third-order valence-corrected chi connectivity index (χ3v) is 4.68. The standard InChI is InChI=1S/C15H24N2O2S/c1-12(20(3)19)8-11-17-15(18)14-7-5-4-6-13(14)9-10-16-2/h4-7,12,16H,8-11H2,1-3H3,(H,17,18). The lowest BCUT2D eigenvalue weighted by atomic mass is 10.0. The van der Waals surface area contributed by atoms with Crippen molar-refractivity contribution in [1.29, 1.82) is 0 Å². The maximum absolute atomic E-state index is 12.2. The van der Waals surface area contributed by atoms with Crippen molar-refractivity contribution in [3.05, 3.63) is 35.4 Å². The normalized spacial score (nSPS) is 13.8. The zero-order valence-corrected chi connectivity index (χ0v) is 13.3. The van der Waals surface area contributed by atoms with Crippen LogP contribution in [0, 0.1) is 0 Å². The van der Waals surface area contributed by atoms with Crippen LogP contribution in [0.15, 0.2) is 24.3 Å². The minimum Gasteiger partial charge on any atom is -0.352 e. The van der Waals surface area contributed by atoms with Gasteiger partial charge in [0, 0.05) is 34.4 Å². The second-order valence-corrected chi connectivity index (χ2v) is 6.67. The zero-order valence-electron chi connectivity index (χ0n) is 12.4. The van der Waals surface area contributed by atoms with E-state index in [1.54, 1.807) is 6.26 Å². The summed E-state index contributed by atoms with van der Waals surface area (Å²) in [6.07, 6.45) is 3.25. The van der Waals surface area contributed by atoms with E-state index in [9.17, 15) is 9.00 Å². The number of nitrogens with one attached hydrogen (secondary N) is 2. The predicted molar refractivity (Wildman–Crippen MR) is 84.6 cm³/mol. The van der Waals surface area contributed by atoms with E-state index in [4.69, 9.17) is 0 Å². The summed E-state index contributed by atoms with van der Waals surface area (Å²) >= 11 is 0. The van der Waals surface area contributed by atoms with Crippen molar-refractivity contribution >= 4 is 16.7 Å². The van der Waals surface area contributed by atoms with Gasteiger partial charge in [-0.1, -0.05) is 25.1 Å².